The molecule has 1 fully saturated rings. The average Bonchev–Trinajstić information content (AvgIpc) is 3.51. The number of rotatable bonds is 8. The average molecular weight is 613 g/mol. The number of hydrogen-bond acceptors (Lipinski definition) is 8. The van der Waals surface area contributed by atoms with Crippen molar-refractivity contribution in [2.75, 3.05) is 32.4 Å². The summed E-state index contributed by atoms with van der Waals surface area (Å²) in [6.45, 7) is 1.78. The first-order chi connectivity index (χ1) is 19.7. The molecule has 42 heavy (non-hydrogen) atoms. The Labute approximate surface area is 238 Å². The molecule has 1 unspecified atom stereocenters. The maximum absolute atomic E-state index is 13.5. The predicted molar refractivity (Wildman–Crippen MR) is 144 cm³/mol. The summed E-state index contributed by atoms with van der Waals surface area (Å²) in [6, 6.07) is 2.96. The van der Waals surface area contributed by atoms with Crippen LogP contribution in [0.1, 0.15) is 46.1 Å². The molecular formula is C25H31F3N8O5S. The quantitative estimate of drug-likeness (QED) is 0.331. The third-order valence-electron chi connectivity index (χ3n) is 7.81. The van der Waals surface area contributed by atoms with Crippen LogP contribution in [0.4, 0.5) is 13.2 Å². The van der Waals surface area contributed by atoms with Crippen LogP contribution in [0.3, 0.4) is 0 Å². The Kier molecular flexibility index (Phi) is 8.04. The lowest BCUT2D eigenvalue weighted by Crippen LogP contribution is -2.42. The van der Waals surface area contributed by atoms with Gasteiger partial charge in [0.05, 0.1) is 35.7 Å². The number of fused-ring (bicyclic) bond motifs is 1. The van der Waals surface area contributed by atoms with E-state index in [9.17, 15) is 36.3 Å². The largest absolute Gasteiger partial charge is 0.417 e. The van der Waals surface area contributed by atoms with Crippen molar-refractivity contribution in [3.05, 3.63) is 57.4 Å². The number of amides is 1. The van der Waals surface area contributed by atoms with Gasteiger partial charge in [0.15, 0.2) is 0 Å². The number of primary amides is 1. The summed E-state index contributed by atoms with van der Waals surface area (Å²) < 4.78 is 69.5. The monoisotopic (exact) mass is 612 g/mol. The second kappa shape index (κ2) is 11.3. The van der Waals surface area contributed by atoms with Gasteiger partial charge in [0.2, 0.25) is 15.9 Å². The molecule has 1 aromatic carbocycles. The van der Waals surface area contributed by atoms with Crippen molar-refractivity contribution in [1.82, 2.24) is 33.8 Å². The number of halogens is 3. The molecule has 1 amide bonds. The summed E-state index contributed by atoms with van der Waals surface area (Å²) in [5, 5.41) is 21.7. The fourth-order valence-electron chi connectivity index (χ4n) is 5.73. The van der Waals surface area contributed by atoms with Gasteiger partial charge in [-0.25, -0.2) is 18.3 Å². The SMILES string of the molecule is CS(=O)(=O)N1CCc2c(c(-c3ccc(C(F)(F)F)c(C(N)=O)c3)nn2CC(O)CN2CCC(n3cn[nH]c3=O)CC2)C1. The molecule has 2 aliphatic heterocycles. The molecule has 5 rings (SSSR count). The summed E-state index contributed by atoms with van der Waals surface area (Å²) in [4.78, 5) is 25.9. The number of sulfonamides is 1. The predicted octanol–water partition coefficient (Wildman–Crippen LogP) is 0.568. The lowest BCUT2D eigenvalue weighted by molar-refractivity contribution is -0.137. The summed E-state index contributed by atoms with van der Waals surface area (Å²) in [5.74, 6) is -1.26. The highest BCUT2D eigenvalue weighted by atomic mass is 32.2. The van der Waals surface area contributed by atoms with Crippen LogP contribution in [0.5, 0.6) is 0 Å². The van der Waals surface area contributed by atoms with Crippen molar-refractivity contribution in [2.24, 2.45) is 5.73 Å². The number of likely N-dealkylation sites (tertiary alicyclic amines) is 1. The molecule has 2 aliphatic rings. The van der Waals surface area contributed by atoms with E-state index in [4.69, 9.17) is 5.73 Å². The zero-order valence-electron chi connectivity index (χ0n) is 22.7. The number of benzene rings is 1. The third-order valence-corrected chi connectivity index (χ3v) is 9.06. The fourth-order valence-corrected chi connectivity index (χ4v) is 6.51. The first-order valence-corrected chi connectivity index (χ1v) is 15.1. The molecular weight excluding hydrogens is 581 g/mol. The van der Waals surface area contributed by atoms with E-state index in [1.165, 1.54) is 16.7 Å². The molecule has 4 heterocycles. The number of carbonyl (C=O) groups is 1. The smallest absolute Gasteiger partial charge is 0.390 e. The number of hydrogen-bond donors (Lipinski definition) is 3. The minimum atomic E-state index is -4.80. The fraction of sp³-hybridized carbons (Fsp3) is 0.520. The zero-order chi connectivity index (χ0) is 30.4. The molecule has 0 spiro atoms. The van der Waals surface area contributed by atoms with Crippen LogP contribution in [0.2, 0.25) is 0 Å². The number of alkyl halides is 3. The van der Waals surface area contributed by atoms with E-state index < -0.39 is 39.3 Å². The second-order valence-corrected chi connectivity index (χ2v) is 12.7. The number of carbonyl (C=O) groups excluding carboxylic acids is 1. The van der Waals surface area contributed by atoms with Crippen LogP contribution >= 0.6 is 0 Å². The van der Waals surface area contributed by atoms with Crippen LogP contribution < -0.4 is 11.4 Å². The topological polar surface area (TPSA) is 172 Å². The molecule has 228 valence electrons. The van der Waals surface area contributed by atoms with Crippen LogP contribution in [0.25, 0.3) is 11.3 Å². The van der Waals surface area contributed by atoms with Crippen molar-refractivity contribution in [2.45, 2.75) is 50.7 Å². The van der Waals surface area contributed by atoms with Crippen molar-refractivity contribution < 1.29 is 31.5 Å². The molecule has 4 N–H and O–H groups in total. The summed E-state index contributed by atoms with van der Waals surface area (Å²) in [7, 11) is -3.58. The van der Waals surface area contributed by atoms with Gasteiger partial charge >= 0.3 is 11.9 Å². The number of H-pyrrole nitrogens is 1. The van der Waals surface area contributed by atoms with Gasteiger partial charge in [-0.05, 0) is 25.0 Å². The molecule has 13 nitrogen and oxygen atoms in total. The van der Waals surface area contributed by atoms with Crippen molar-refractivity contribution in [3.8, 4) is 11.3 Å². The van der Waals surface area contributed by atoms with Gasteiger partial charge < -0.3 is 15.7 Å². The minimum absolute atomic E-state index is 0.0113. The Bertz CT molecular complexity index is 1640. The highest BCUT2D eigenvalue weighted by Gasteiger charge is 2.36. The molecule has 3 aromatic rings. The summed E-state index contributed by atoms with van der Waals surface area (Å²) >= 11 is 0. The van der Waals surface area contributed by atoms with Gasteiger partial charge in [0.1, 0.15) is 6.33 Å². The van der Waals surface area contributed by atoms with E-state index in [1.54, 1.807) is 9.25 Å². The van der Waals surface area contributed by atoms with E-state index in [0.29, 0.717) is 43.7 Å². The first kappa shape index (κ1) is 29.9. The second-order valence-electron chi connectivity index (χ2n) is 10.7. The van der Waals surface area contributed by atoms with Crippen molar-refractivity contribution in [3.63, 3.8) is 0 Å². The Morgan fingerprint density at radius 2 is 1.93 bits per heavy atom. The van der Waals surface area contributed by atoms with Crippen molar-refractivity contribution in [1.29, 1.82) is 0 Å². The van der Waals surface area contributed by atoms with Gasteiger partial charge in [-0.1, -0.05) is 6.07 Å². The lowest BCUT2D eigenvalue weighted by atomic mass is 9.97. The molecule has 0 saturated carbocycles. The normalized spacial score (nSPS) is 18.2. The highest BCUT2D eigenvalue weighted by molar-refractivity contribution is 7.88. The zero-order valence-corrected chi connectivity index (χ0v) is 23.5. The third kappa shape index (κ3) is 6.13. The minimum Gasteiger partial charge on any atom is -0.390 e. The van der Waals surface area contributed by atoms with Crippen LogP contribution in [-0.4, -0.2) is 91.7 Å². The van der Waals surface area contributed by atoms with E-state index in [2.05, 4.69) is 20.2 Å². The molecule has 1 saturated heterocycles. The number of aliphatic hydroxyl groups is 1. The Hall–Kier alpha value is -3.54. The molecule has 2 aromatic heterocycles. The number of nitrogens with one attached hydrogen (secondary N) is 1. The molecule has 17 heteroatoms. The molecule has 1 atom stereocenters. The van der Waals surface area contributed by atoms with Gasteiger partial charge in [-0.2, -0.15) is 27.7 Å². The number of β-amino-alcohol motifs (C(OH)–C–C–N with tert-alkyl or cyclic N) is 1. The van der Waals surface area contributed by atoms with Crippen molar-refractivity contribution >= 4 is 15.9 Å². The number of piperidine rings is 1. The maximum atomic E-state index is 13.5. The van der Waals surface area contributed by atoms with Gasteiger partial charge in [0.25, 0.3) is 0 Å². The van der Waals surface area contributed by atoms with E-state index in [0.717, 1.165) is 18.4 Å². The first-order valence-electron chi connectivity index (χ1n) is 13.3. The van der Waals surface area contributed by atoms with E-state index in [-0.39, 0.29) is 49.0 Å². The number of aromatic amines is 1. The van der Waals surface area contributed by atoms with Crippen LogP contribution in [0.15, 0.2) is 29.3 Å². The van der Waals surface area contributed by atoms with Gasteiger partial charge in [-0.3, -0.25) is 14.0 Å². The van der Waals surface area contributed by atoms with Crippen LogP contribution in [-0.2, 0) is 35.7 Å². The van der Waals surface area contributed by atoms with Gasteiger partial charge in [-0.15, -0.1) is 0 Å². The number of nitrogens with zero attached hydrogens (tertiary/aromatic N) is 6. The molecule has 0 bridgehead atoms. The highest BCUT2D eigenvalue weighted by Crippen LogP contribution is 2.36. The summed E-state index contributed by atoms with van der Waals surface area (Å²) in [6.07, 6.45) is -1.45. The molecule has 0 aliphatic carbocycles. The number of nitrogens with two attached hydrogens (primary N) is 1. The van der Waals surface area contributed by atoms with Crippen LogP contribution in [0, 0.1) is 0 Å². The number of aromatic nitrogens is 5. The number of aliphatic hydroxyl groups excluding tert-OH is 1. The Balaban J connectivity index is 1.39. The molecule has 0 radical (unpaired) electrons. The Morgan fingerprint density at radius 3 is 2.52 bits per heavy atom. The maximum Gasteiger partial charge on any atom is 0.417 e. The van der Waals surface area contributed by atoms with E-state index >= 15 is 0 Å². The summed E-state index contributed by atoms with van der Waals surface area (Å²) in [5.41, 5.74) is 4.63. The van der Waals surface area contributed by atoms with E-state index in [1.807, 2.05) is 0 Å². The van der Waals surface area contributed by atoms with Gasteiger partial charge in [0, 0.05) is 62.0 Å². The Morgan fingerprint density at radius 1 is 1.21 bits per heavy atom. The standard InChI is InChI=1S/C25H31F3N8O5S/c1-42(40,41)34-9-6-21-19(13-34)22(15-2-3-20(25(26,27)28)18(10-15)23(29)38)32-36(21)12-17(37)11-33-7-4-16(5-8-33)35-14-30-31-24(35)39/h2-3,10,14,16-17,37H,4-9,11-13H2,1H3,(H2,29,38)(H,31,39). The lowest BCUT2D eigenvalue weighted by Gasteiger charge is -2.33.